The predicted octanol–water partition coefficient (Wildman–Crippen LogP) is 2.07. The molecule has 7 nitrogen and oxygen atoms in total. The molecule has 8 heteroatoms. The molecule has 0 aliphatic heterocycles. The lowest BCUT2D eigenvalue weighted by molar-refractivity contribution is -0.132. The lowest BCUT2D eigenvalue weighted by Crippen LogP contribution is -2.34. The fourth-order valence-corrected chi connectivity index (χ4v) is 2.74. The maximum Gasteiger partial charge on any atom is 0.341 e. The van der Waals surface area contributed by atoms with Crippen molar-refractivity contribution in [2.24, 2.45) is 5.92 Å². The molecular weight excluding hydrogens is 441 g/mol. The van der Waals surface area contributed by atoms with Crippen molar-refractivity contribution in [1.29, 1.82) is 0 Å². The fourth-order valence-electron chi connectivity index (χ4n) is 2.05. The molecule has 0 fully saturated rings. The summed E-state index contributed by atoms with van der Waals surface area (Å²) in [5.41, 5.74) is -0.327. The number of aliphatic hydroxyl groups excluding tert-OH is 1. The highest BCUT2D eigenvalue weighted by molar-refractivity contribution is 14.1. The van der Waals surface area contributed by atoms with Gasteiger partial charge in [0.2, 0.25) is 5.78 Å². The van der Waals surface area contributed by atoms with Crippen molar-refractivity contribution < 1.29 is 29.3 Å². The van der Waals surface area contributed by atoms with Crippen LogP contribution in [0, 0.1) is 9.49 Å². The summed E-state index contributed by atoms with van der Waals surface area (Å²) in [7, 11) is 2.88. The Morgan fingerprint density at radius 2 is 1.84 bits per heavy atom. The minimum atomic E-state index is -1.37. The van der Waals surface area contributed by atoms with Gasteiger partial charge in [0, 0.05) is 12.3 Å². The quantitative estimate of drug-likeness (QED) is 0.169. The van der Waals surface area contributed by atoms with Crippen LogP contribution in [0.5, 0.6) is 11.5 Å². The molecule has 0 amide bonds. The molecule has 0 aliphatic carbocycles. The van der Waals surface area contributed by atoms with Crippen molar-refractivity contribution in [1.82, 2.24) is 5.32 Å². The van der Waals surface area contributed by atoms with Crippen LogP contribution in [0.15, 0.2) is 23.9 Å². The van der Waals surface area contributed by atoms with Gasteiger partial charge in [-0.1, -0.05) is 13.8 Å². The number of aliphatic hydroxyl groups is 1. The number of benzene rings is 1. The van der Waals surface area contributed by atoms with E-state index >= 15 is 0 Å². The number of nitrogens with one attached hydrogen (secondary N) is 1. The highest BCUT2D eigenvalue weighted by Gasteiger charge is 2.24. The number of aliphatic carboxylic acids is 1. The van der Waals surface area contributed by atoms with Crippen LogP contribution in [0.1, 0.15) is 24.2 Å². The van der Waals surface area contributed by atoms with Crippen LogP contribution in [-0.2, 0) is 4.79 Å². The molecule has 1 atom stereocenters. The van der Waals surface area contributed by atoms with Gasteiger partial charge in [-0.05, 0) is 34.6 Å². The van der Waals surface area contributed by atoms with Crippen molar-refractivity contribution in [2.45, 2.75) is 19.9 Å². The summed E-state index contributed by atoms with van der Waals surface area (Å²) in [5, 5.41) is 21.5. The highest BCUT2D eigenvalue weighted by atomic mass is 127. The summed E-state index contributed by atoms with van der Waals surface area (Å²) in [6.07, 6.45) is 1.13. The number of Topliss-reactive ketones (excluding diaryl/α,β-unsaturated/α-hetero) is 1. The summed E-state index contributed by atoms with van der Waals surface area (Å²) in [5.74, 6) is -1.27. The van der Waals surface area contributed by atoms with Crippen molar-refractivity contribution >= 4 is 34.3 Å². The highest BCUT2D eigenvalue weighted by Crippen LogP contribution is 2.31. The molecule has 0 aliphatic rings. The number of carbonyl (C=O) groups is 2. The SMILES string of the molecule is COc1cc(OC)c(C(=O)/C(=C\NC(CO)C(C)C)C(=O)O)cc1I. The van der Waals surface area contributed by atoms with Gasteiger partial charge in [0.1, 0.15) is 17.1 Å². The van der Waals surface area contributed by atoms with Crippen molar-refractivity contribution in [2.75, 3.05) is 20.8 Å². The standard InChI is InChI=1S/C17H22INO6/c1-9(2)13(8-20)19-7-11(17(22)23)16(21)10-5-12(18)15(25-4)6-14(10)24-3/h5-7,9,13,19-20H,8H2,1-4H3,(H,22,23)/b11-7+. The number of hydrogen-bond acceptors (Lipinski definition) is 6. The Morgan fingerprint density at radius 1 is 1.24 bits per heavy atom. The largest absolute Gasteiger partial charge is 0.496 e. The van der Waals surface area contributed by atoms with Gasteiger partial charge in [-0.3, -0.25) is 4.79 Å². The van der Waals surface area contributed by atoms with E-state index in [2.05, 4.69) is 5.32 Å². The minimum Gasteiger partial charge on any atom is -0.496 e. The average molecular weight is 463 g/mol. The number of halogens is 1. The molecular formula is C17H22INO6. The first kappa shape index (κ1) is 21.2. The summed E-state index contributed by atoms with van der Waals surface area (Å²) < 4.78 is 11.0. The van der Waals surface area contributed by atoms with Gasteiger partial charge < -0.3 is 25.0 Å². The molecule has 1 rings (SSSR count). The van der Waals surface area contributed by atoms with Gasteiger partial charge >= 0.3 is 5.97 Å². The Hall–Kier alpha value is -1.81. The van der Waals surface area contributed by atoms with Gasteiger partial charge in [0.25, 0.3) is 0 Å². The number of rotatable bonds is 9. The van der Waals surface area contributed by atoms with E-state index in [9.17, 15) is 19.8 Å². The zero-order valence-corrected chi connectivity index (χ0v) is 16.7. The van der Waals surface area contributed by atoms with E-state index in [-0.39, 0.29) is 29.9 Å². The molecule has 0 aromatic heterocycles. The smallest absolute Gasteiger partial charge is 0.341 e. The number of ketones is 1. The van der Waals surface area contributed by atoms with E-state index in [1.807, 2.05) is 36.4 Å². The predicted molar refractivity (Wildman–Crippen MR) is 101 cm³/mol. The Kier molecular flexibility index (Phi) is 8.17. The minimum absolute atomic E-state index is 0.0582. The number of carbonyl (C=O) groups excluding carboxylic acids is 1. The first-order valence-electron chi connectivity index (χ1n) is 7.53. The van der Waals surface area contributed by atoms with E-state index in [0.29, 0.717) is 9.32 Å². The first-order valence-corrected chi connectivity index (χ1v) is 8.61. The Morgan fingerprint density at radius 3 is 2.28 bits per heavy atom. The molecule has 0 bridgehead atoms. The maximum absolute atomic E-state index is 12.7. The molecule has 0 saturated heterocycles. The summed E-state index contributed by atoms with van der Waals surface area (Å²) in [6, 6.07) is 2.69. The number of carboxylic acids is 1. The summed E-state index contributed by atoms with van der Waals surface area (Å²) in [6.45, 7) is 3.57. The van der Waals surface area contributed by atoms with E-state index in [1.54, 1.807) is 0 Å². The second-order valence-electron chi connectivity index (χ2n) is 5.58. The van der Waals surface area contributed by atoms with E-state index in [4.69, 9.17) is 9.47 Å². The van der Waals surface area contributed by atoms with E-state index < -0.39 is 17.3 Å². The van der Waals surface area contributed by atoms with Gasteiger partial charge in [0.05, 0.1) is 36.0 Å². The normalized spacial score (nSPS) is 12.7. The lowest BCUT2D eigenvalue weighted by Gasteiger charge is -2.19. The molecule has 1 aromatic rings. The molecule has 3 N–H and O–H groups in total. The third-order valence-electron chi connectivity index (χ3n) is 3.64. The van der Waals surface area contributed by atoms with E-state index in [1.165, 1.54) is 26.4 Å². The van der Waals surface area contributed by atoms with Crippen LogP contribution in [0.4, 0.5) is 0 Å². The van der Waals surface area contributed by atoms with Crippen LogP contribution < -0.4 is 14.8 Å². The Labute approximate surface area is 160 Å². The second-order valence-corrected chi connectivity index (χ2v) is 6.74. The fraction of sp³-hybridized carbons (Fsp3) is 0.412. The third-order valence-corrected chi connectivity index (χ3v) is 4.48. The third kappa shape index (κ3) is 5.33. The molecule has 0 saturated carbocycles. The van der Waals surface area contributed by atoms with Crippen LogP contribution >= 0.6 is 22.6 Å². The van der Waals surface area contributed by atoms with Crippen molar-refractivity contribution in [3.8, 4) is 11.5 Å². The molecule has 0 radical (unpaired) electrons. The molecule has 1 unspecified atom stereocenters. The van der Waals surface area contributed by atoms with Crippen molar-refractivity contribution in [3.05, 3.63) is 33.0 Å². The molecule has 0 heterocycles. The number of methoxy groups -OCH3 is 2. The zero-order valence-electron chi connectivity index (χ0n) is 14.5. The Bertz CT molecular complexity index is 671. The van der Waals surface area contributed by atoms with Crippen LogP contribution in [-0.4, -0.2) is 48.8 Å². The monoisotopic (exact) mass is 463 g/mol. The molecule has 25 heavy (non-hydrogen) atoms. The van der Waals surface area contributed by atoms with Crippen LogP contribution in [0.25, 0.3) is 0 Å². The lowest BCUT2D eigenvalue weighted by atomic mass is 10.0. The second kappa shape index (κ2) is 9.62. The van der Waals surface area contributed by atoms with E-state index in [0.717, 1.165) is 6.20 Å². The van der Waals surface area contributed by atoms with Crippen LogP contribution in [0.2, 0.25) is 0 Å². The summed E-state index contributed by atoms with van der Waals surface area (Å²) >= 11 is 1.99. The zero-order chi connectivity index (χ0) is 19.1. The molecule has 0 spiro atoms. The van der Waals surface area contributed by atoms with Gasteiger partial charge in [0.15, 0.2) is 0 Å². The van der Waals surface area contributed by atoms with Crippen LogP contribution in [0.3, 0.4) is 0 Å². The molecule has 1 aromatic carbocycles. The topological polar surface area (TPSA) is 105 Å². The van der Waals surface area contributed by atoms with Gasteiger partial charge in [-0.2, -0.15) is 0 Å². The Balaban J connectivity index is 3.28. The van der Waals surface area contributed by atoms with Gasteiger partial charge in [-0.25, -0.2) is 4.79 Å². The maximum atomic E-state index is 12.7. The van der Waals surface area contributed by atoms with Gasteiger partial charge in [-0.15, -0.1) is 0 Å². The number of hydrogen-bond donors (Lipinski definition) is 3. The first-order chi connectivity index (χ1) is 11.8. The number of carboxylic acid groups (broad SMARTS) is 1. The average Bonchev–Trinajstić information content (AvgIpc) is 2.57. The van der Waals surface area contributed by atoms with Crippen molar-refractivity contribution in [3.63, 3.8) is 0 Å². The molecule has 138 valence electrons. The summed E-state index contributed by atoms with van der Waals surface area (Å²) in [4.78, 5) is 24.2. The number of ether oxygens (including phenoxy) is 2.